The molecule has 98 valence electrons. The van der Waals surface area contributed by atoms with E-state index in [2.05, 4.69) is 0 Å². The van der Waals surface area contributed by atoms with Crippen molar-refractivity contribution in [2.75, 3.05) is 7.05 Å². The molecule has 0 saturated carbocycles. The summed E-state index contributed by atoms with van der Waals surface area (Å²) in [6, 6.07) is 6.56. The second kappa shape index (κ2) is 5.21. The van der Waals surface area contributed by atoms with Gasteiger partial charge in [-0.05, 0) is 17.7 Å². The minimum Gasteiger partial charge on any atom is -0.478 e. The molecule has 0 saturated heterocycles. The highest BCUT2D eigenvalue weighted by molar-refractivity contribution is 5.87. The van der Waals surface area contributed by atoms with Crippen molar-refractivity contribution < 1.29 is 14.7 Å². The topological polar surface area (TPSA) is 57.6 Å². The molecule has 1 aromatic carbocycles. The van der Waals surface area contributed by atoms with Crippen molar-refractivity contribution in [2.24, 2.45) is 5.41 Å². The van der Waals surface area contributed by atoms with Crippen molar-refractivity contribution in [3.63, 3.8) is 0 Å². The molecule has 0 aliphatic carbocycles. The number of hydrogen-bond donors (Lipinski definition) is 1. The molecule has 0 fully saturated rings. The standard InChI is InChI=1S/C14H19NO3/c1-14(2,3)13(18)15(4)9-10-5-7-11(8-6-10)12(16)17/h5-8H,9H2,1-4H3,(H,16,17). The maximum Gasteiger partial charge on any atom is 0.335 e. The van der Waals surface area contributed by atoms with Crippen molar-refractivity contribution in [3.8, 4) is 0 Å². The third-order valence-corrected chi connectivity index (χ3v) is 2.61. The van der Waals surface area contributed by atoms with E-state index < -0.39 is 11.4 Å². The summed E-state index contributed by atoms with van der Waals surface area (Å²) in [5.41, 5.74) is 0.763. The Labute approximate surface area is 107 Å². The number of aromatic carboxylic acids is 1. The van der Waals surface area contributed by atoms with Crippen LogP contribution in [0.2, 0.25) is 0 Å². The number of carbonyl (C=O) groups is 2. The van der Waals surface area contributed by atoms with E-state index in [1.54, 1.807) is 36.2 Å². The highest BCUT2D eigenvalue weighted by Crippen LogP contribution is 2.18. The first kappa shape index (κ1) is 14.2. The molecule has 1 rings (SSSR count). The number of carbonyl (C=O) groups excluding carboxylic acids is 1. The molecule has 0 aromatic heterocycles. The Kier molecular flexibility index (Phi) is 4.11. The van der Waals surface area contributed by atoms with Crippen LogP contribution in [-0.2, 0) is 11.3 Å². The zero-order chi connectivity index (χ0) is 13.9. The fourth-order valence-electron chi connectivity index (χ4n) is 1.67. The second-order valence-electron chi connectivity index (χ2n) is 5.41. The number of rotatable bonds is 3. The van der Waals surface area contributed by atoms with E-state index in [1.165, 1.54) is 0 Å². The largest absolute Gasteiger partial charge is 0.478 e. The van der Waals surface area contributed by atoms with E-state index in [4.69, 9.17) is 5.11 Å². The van der Waals surface area contributed by atoms with Gasteiger partial charge in [0, 0.05) is 19.0 Å². The molecule has 0 spiro atoms. The zero-order valence-corrected chi connectivity index (χ0v) is 11.2. The molecule has 4 nitrogen and oxygen atoms in total. The third kappa shape index (κ3) is 3.58. The summed E-state index contributed by atoms with van der Waals surface area (Å²) in [5.74, 6) is -0.884. The molecule has 1 amide bonds. The van der Waals surface area contributed by atoms with Crippen LogP contribution < -0.4 is 0 Å². The molecule has 0 aliphatic heterocycles. The lowest BCUT2D eigenvalue weighted by Crippen LogP contribution is -2.36. The Morgan fingerprint density at radius 3 is 2.06 bits per heavy atom. The Morgan fingerprint density at radius 1 is 1.17 bits per heavy atom. The summed E-state index contributed by atoms with van der Waals surface area (Å²) in [6.45, 7) is 6.11. The average Bonchev–Trinajstić information content (AvgIpc) is 2.27. The molecule has 1 aromatic rings. The van der Waals surface area contributed by atoms with Crippen molar-refractivity contribution in [2.45, 2.75) is 27.3 Å². The smallest absolute Gasteiger partial charge is 0.335 e. The Balaban J connectivity index is 2.74. The van der Waals surface area contributed by atoms with Gasteiger partial charge in [-0.15, -0.1) is 0 Å². The molecule has 0 heterocycles. The van der Waals surface area contributed by atoms with Crippen molar-refractivity contribution in [1.29, 1.82) is 0 Å². The summed E-state index contributed by atoms with van der Waals surface area (Å²) < 4.78 is 0. The molecule has 4 heteroatoms. The second-order valence-corrected chi connectivity index (χ2v) is 5.41. The van der Waals surface area contributed by atoms with Crippen LogP contribution in [0.5, 0.6) is 0 Å². The summed E-state index contributed by atoms with van der Waals surface area (Å²) >= 11 is 0. The SMILES string of the molecule is CN(Cc1ccc(C(=O)O)cc1)C(=O)C(C)(C)C. The molecule has 0 unspecified atom stereocenters. The van der Waals surface area contributed by atoms with Crippen LogP contribution in [0, 0.1) is 5.41 Å². The van der Waals surface area contributed by atoms with Crippen molar-refractivity contribution in [3.05, 3.63) is 35.4 Å². The molecule has 0 atom stereocenters. The van der Waals surface area contributed by atoms with Crippen LogP contribution in [-0.4, -0.2) is 28.9 Å². The van der Waals surface area contributed by atoms with Gasteiger partial charge in [-0.25, -0.2) is 4.79 Å². The van der Waals surface area contributed by atoms with Gasteiger partial charge < -0.3 is 10.0 Å². The van der Waals surface area contributed by atoms with Gasteiger partial charge in [0.2, 0.25) is 5.91 Å². The van der Waals surface area contributed by atoms with Crippen molar-refractivity contribution >= 4 is 11.9 Å². The number of amides is 1. The van der Waals surface area contributed by atoms with Crippen molar-refractivity contribution in [1.82, 2.24) is 4.90 Å². The van der Waals surface area contributed by atoms with Crippen LogP contribution in [0.15, 0.2) is 24.3 Å². The van der Waals surface area contributed by atoms with E-state index in [1.807, 2.05) is 20.8 Å². The number of nitrogens with zero attached hydrogens (tertiary/aromatic N) is 1. The molecule has 0 bridgehead atoms. The molecule has 0 radical (unpaired) electrons. The zero-order valence-electron chi connectivity index (χ0n) is 11.2. The van der Waals surface area contributed by atoms with E-state index in [9.17, 15) is 9.59 Å². The minimum atomic E-state index is -0.944. The number of hydrogen-bond acceptors (Lipinski definition) is 2. The van der Waals surface area contributed by atoms with E-state index in [-0.39, 0.29) is 11.5 Å². The summed E-state index contributed by atoms with van der Waals surface area (Å²) in [5, 5.41) is 8.79. The first-order valence-electron chi connectivity index (χ1n) is 5.79. The average molecular weight is 249 g/mol. The highest BCUT2D eigenvalue weighted by Gasteiger charge is 2.24. The number of benzene rings is 1. The maximum atomic E-state index is 12.0. The van der Waals surface area contributed by atoms with Gasteiger partial charge in [0.15, 0.2) is 0 Å². The number of carboxylic acids is 1. The summed E-state index contributed by atoms with van der Waals surface area (Å²) in [7, 11) is 1.75. The first-order chi connectivity index (χ1) is 8.21. The molecule has 0 aliphatic rings. The van der Waals surface area contributed by atoms with Crippen LogP contribution in [0.1, 0.15) is 36.7 Å². The van der Waals surface area contributed by atoms with Gasteiger partial charge in [0.05, 0.1) is 5.56 Å². The van der Waals surface area contributed by atoms with E-state index in [0.29, 0.717) is 6.54 Å². The summed E-state index contributed by atoms with van der Waals surface area (Å²) in [4.78, 5) is 24.3. The van der Waals surface area contributed by atoms with Crippen LogP contribution in [0.4, 0.5) is 0 Å². The third-order valence-electron chi connectivity index (χ3n) is 2.61. The monoisotopic (exact) mass is 249 g/mol. The number of carboxylic acid groups (broad SMARTS) is 1. The first-order valence-corrected chi connectivity index (χ1v) is 5.79. The van der Waals surface area contributed by atoms with E-state index >= 15 is 0 Å². The van der Waals surface area contributed by atoms with Crippen LogP contribution in [0.25, 0.3) is 0 Å². The molecular formula is C14H19NO3. The molecular weight excluding hydrogens is 230 g/mol. The Bertz CT molecular complexity index is 443. The minimum absolute atomic E-state index is 0.0600. The lowest BCUT2D eigenvalue weighted by molar-refractivity contribution is -0.138. The van der Waals surface area contributed by atoms with Crippen LogP contribution >= 0.6 is 0 Å². The van der Waals surface area contributed by atoms with Gasteiger partial charge in [0.1, 0.15) is 0 Å². The van der Waals surface area contributed by atoms with Gasteiger partial charge in [0.25, 0.3) is 0 Å². The summed E-state index contributed by atoms with van der Waals surface area (Å²) in [6.07, 6.45) is 0. The Morgan fingerprint density at radius 2 is 1.67 bits per heavy atom. The maximum absolute atomic E-state index is 12.0. The predicted molar refractivity (Wildman–Crippen MR) is 69.3 cm³/mol. The van der Waals surface area contributed by atoms with E-state index in [0.717, 1.165) is 5.56 Å². The predicted octanol–water partition coefficient (Wildman–Crippen LogP) is 2.39. The quantitative estimate of drug-likeness (QED) is 0.894. The Hall–Kier alpha value is -1.84. The fraction of sp³-hybridized carbons (Fsp3) is 0.429. The molecule has 18 heavy (non-hydrogen) atoms. The highest BCUT2D eigenvalue weighted by atomic mass is 16.4. The van der Waals surface area contributed by atoms with Gasteiger partial charge in [-0.2, -0.15) is 0 Å². The van der Waals surface area contributed by atoms with Crippen LogP contribution in [0.3, 0.4) is 0 Å². The fourth-order valence-corrected chi connectivity index (χ4v) is 1.67. The normalized spacial score (nSPS) is 11.1. The van der Waals surface area contributed by atoms with Gasteiger partial charge in [-0.1, -0.05) is 32.9 Å². The molecule has 1 N–H and O–H groups in total. The lowest BCUT2D eigenvalue weighted by Gasteiger charge is -2.26. The lowest BCUT2D eigenvalue weighted by atomic mass is 9.95. The van der Waals surface area contributed by atoms with Gasteiger partial charge in [-0.3, -0.25) is 4.79 Å². The van der Waals surface area contributed by atoms with Gasteiger partial charge >= 0.3 is 5.97 Å².